The van der Waals surface area contributed by atoms with E-state index in [1.165, 1.54) is 11.9 Å². The second-order valence-electron chi connectivity index (χ2n) is 6.13. The summed E-state index contributed by atoms with van der Waals surface area (Å²) in [5.74, 6) is 2.96. The van der Waals surface area contributed by atoms with Gasteiger partial charge in [0.2, 0.25) is 0 Å². The van der Waals surface area contributed by atoms with Gasteiger partial charge in [-0.15, -0.1) is 6.42 Å². The lowest BCUT2D eigenvalue weighted by molar-refractivity contribution is 0.628. The Morgan fingerprint density at radius 1 is 1.24 bits per heavy atom. The lowest BCUT2D eigenvalue weighted by atomic mass is 9.97. The van der Waals surface area contributed by atoms with Crippen LogP contribution in [0.4, 0.5) is 15.9 Å². The summed E-state index contributed by atoms with van der Waals surface area (Å²) in [7, 11) is 0. The molecule has 0 bridgehead atoms. The van der Waals surface area contributed by atoms with E-state index in [2.05, 4.69) is 38.7 Å². The van der Waals surface area contributed by atoms with Gasteiger partial charge in [0.15, 0.2) is 5.82 Å². The fourth-order valence-electron chi connectivity index (χ4n) is 3.23. The summed E-state index contributed by atoms with van der Waals surface area (Å²) < 4.78 is 14.4. The summed E-state index contributed by atoms with van der Waals surface area (Å²) in [6.45, 7) is 2.00. The number of benzene rings is 2. The van der Waals surface area contributed by atoms with Crippen LogP contribution in [0.1, 0.15) is 23.5 Å². The number of rotatable bonds is 3. The Bertz CT molecular complexity index is 971. The molecule has 5 heteroatoms. The molecule has 0 unspecified atom stereocenters. The predicted molar refractivity (Wildman–Crippen MR) is 97.4 cm³/mol. The average Bonchev–Trinajstić information content (AvgIpc) is 3.18. The van der Waals surface area contributed by atoms with E-state index >= 15 is 0 Å². The van der Waals surface area contributed by atoms with Gasteiger partial charge in [0.05, 0.1) is 16.8 Å². The maximum atomic E-state index is 14.4. The van der Waals surface area contributed by atoms with Crippen molar-refractivity contribution in [2.45, 2.75) is 12.3 Å². The van der Waals surface area contributed by atoms with Crippen molar-refractivity contribution in [3.05, 3.63) is 59.7 Å². The summed E-state index contributed by atoms with van der Waals surface area (Å²) >= 11 is 0. The standard InChI is InChI=1S/C20H17FN4/c1-2-13-4-3-5-18(19(13)21)25-20-16-10-14(15-8-9-22-11-15)6-7-17(16)23-12-24-20/h1,3-7,10,12,15,22H,8-9,11H2,(H,23,24,25)/t15-/m1/s1. The monoisotopic (exact) mass is 332 g/mol. The minimum Gasteiger partial charge on any atom is -0.337 e. The summed E-state index contributed by atoms with van der Waals surface area (Å²) in [5.41, 5.74) is 2.60. The van der Waals surface area contributed by atoms with Gasteiger partial charge in [-0.25, -0.2) is 14.4 Å². The molecule has 1 aromatic heterocycles. The van der Waals surface area contributed by atoms with E-state index in [0.717, 1.165) is 30.4 Å². The van der Waals surface area contributed by atoms with Crippen LogP contribution in [0.25, 0.3) is 10.9 Å². The maximum absolute atomic E-state index is 14.4. The van der Waals surface area contributed by atoms with E-state index < -0.39 is 5.82 Å². The van der Waals surface area contributed by atoms with Gasteiger partial charge < -0.3 is 10.6 Å². The summed E-state index contributed by atoms with van der Waals surface area (Å²) in [6, 6.07) is 11.1. The molecule has 2 N–H and O–H groups in total. The first-order chi connectivity index (χ1) is 12.3. The van der Waals surface area contributed by atoms with Gasteiger partial charge in [-0.3, -0.25) is 0 Å². The quantitative estimate of drug-likeness (QED) is 0.720. The minimum atomic E-state index is -0.451. The Balaban J connectivity index is 1.76. The van der Waals surface area contributed by atoms with Crippen LogP contribution < -0.4 is 10.6 Å². The summed E-state index contributed by atoms with van der Waals surface area (Å²) in [6.07, 6.45) is 7.93. The molecular weight excluding hydrogens is 315 g/mol. The molecule has 0 amide bonds. The molecule has 2 heterocycles. The van der Waals surface area contributed by atoms with Gasteiger partial charge in [0.25, 0.3) is 0 Å². The highest BCUT2D eigenvalue weighted by Crippen LogP contribution is 2.30. The second-order valence-corrected chi connectivity index (χ2v) is 6.13. The first-order valence-corrected chi connectivity index (χ1v) is 8.24. The lowest BCUT2D eigenvalue weighted by Crippen LogP contribution is -2.08. The van der Waals surface area contributed by atoms with Crippen LogP contribution in [0.5, 0.6) is 0 Å². The molecule has 0 radical (unpaired) electrons. The van der Waals surface area contributed by atoms with Crippen LogP contribution in [0, 0.1) is 18.2 Å². The van der Waals surface area contributed by atoms with Crippen molar-refractivity contribution in [1.82, 2.24) is 15.3 Å². The van der Waals surface area contributed by atoms with E-state index in [-0.39, 0.29) is 5.56 Å². The van der Waals surface area contributed by atoms with Crippen LogP contribution in [0.2, 0.25) is 0 Å². The van der Waals surface area contributed by atoms with Crippen molar-refractivity contribution in [1.29, 1.82) is 0 Å². The van der Waals surface area contributed by atoms with Crippen LogP contribution in [-0.2, 0) is 0 Å². The lowest BCUT2D eigenvalue weighted by Gasteiger charge is -2.13. The van der Waals surface area contributed by atoms with Crippen LogP contribution in [-0.4, -0.2) is 23.1 Å². The number of anilines is 2. The van der Waals surface area contributed by atoms with Gasteiger partial charge >= 0.3 is 0 Å². The molecule has 0 aliphatic carbocycles. The van der Waals surface area contributed by atoms with Crippen molar-refractivity contribution < 1.29 is 4.39 Å². The van der Waals surface area contributed by atoms with E-state index in [4.69, 9.17) is 6.42 Å². The fraction of sp³-hybridized carbons (Fsp3) is 0.200. The Hall–Kier alpha value is -2.97. The van der Waals surface area contributed by atoms with E-state index in [1.807, 2.05) is 6.07 Å². The molecule has 124 valence electrons. The van der Waals surface area contributed by atoms with E-state index in [1.54, 1.807) is 18.2 Å². The van der Waals surface area contributed by atoms with Gasteiger partial charge in [-0.2, -0.15) is 0 Å². The largest absolute Gasteiger partial charge is 0.337 e. The smallest absolute Gasteiger partial charge is 0.162 e. The molecule has 1 fully saturated rings. The Kier molecular flexibility index (Phi) is 4.04. The number of nitrogens with one attached hydrogen (secondary N) is 2. The van der Waals surface area contributed by atoms with Crippen molar-refractivity contribution in [3.8, 4) is 12.3 Å². The zero-order valence-electron chi connectivity index (χ0n) is 13.6. The Labute approximate surface area is 145 Å². The molecule has 1 aliphatic heterocycles. The fourth-order valence-corrected chi connectivity index (χ4v) is 3.23. The van der Waals surface area contributed by atoms with Gasteiger partial charge in [-0.05, 0) is 48.7 Å². The normalized spacial score (nSPS) is 16.7. The van der Waals surface area contributed by atoms with Gasteiger partial charge in [0, 0.05) is 11.9 Å². The predicted octanol–water partition coefficient (Wildman–Crippen LogP) is 3.57. The molecule has 0 saturated carbocycles. The number of fused-ring (bicyclic) bond motifs is 1. The number of nitrogens with zero attached hydrogens (tertiary/aromatic N) is 2. The zero-order chi connectivity index (χ0) is 17.2. The molecular formula is C20H17FN4. The van der Waals surface area contributed by atoms with Gasteiger partial charge in [0.1, 0.15) is 12.1 Å². The molecule has 1 aliphatic rings. The Morgan fingerprint density at radius 2 is 2.16 bits per heavy atom. The molecule has 3 aromatic rings. The highest BCUT2D eigenvalue weighted by Gasteiger charge is 2.18. The highest BCUT2D eigenvalue weighted by atomic mass is 19.1. The number of hydrogen-bond acceptors (Lipinski definition) is 4. The molecule has 1 saturated heterocycles. The molecule has 4 nitrogen and oxygen atoms in total. The third kappa shape index (κ3) is 2.92. The van der Waals surface area contributed by atoms with Crippen molar-refractivity contribution in [3.63, 3.8) is 0 Å². The third-order valence-corrected chi connectivity index (χ3v) is 4.60. The third-order valence-electron chi connectivity index (χ3n) is 4.60. The highest BCUT2D eigenvalue weighted by molar-refractivity contribution is 5.91. The molecule has 0 spiro atoms. The van der Waals surface area contributed by atoms with Crippen molar-refractivity contribution >= 4 is 22.4 Å². The minimum absolute atomic E-state index is 0.223. The maximum Gasteiger partial charge on any atom is 0.162 e. The van der Waals surface area contributed by atoms with Crippen LogP contribution in [0.3, 0.4) is 0 Å². The SMILES string of the molecule is C#Cc1cccc(Nc2ncnc3ccc([C@@H]4CCNC4)cc23)c1F. The second kappa shape index (κ2) is 6.50. The number of aromatic nitrogens is 2. The summed E-state index contributed by atoms with van der Waals surface area (Å²) in [4.78, 5) is 8.62. The first-order valence-electron chi connectivity index (χ1n) is 8.24. The molecule has 1 atom stereocenters. The first kappa shape index (κ1) is 15.6. The van der Waals surface area contributed by atoms with Crippen LogP contribution >= 0.6 is 0 Å². The van der Waals surface area contributed by atoms with Crippen molar-refractivity contribution in [2.24, 2.45) is 0 Å². The number of terminal acetylenes is 1. The Morgan fingerprint density at radius 3 is 2.96 bits per heavy atom. The molecule has 2 aromatic carbocycles. The molecule has 4 rings (SSSR count). The van der Waals surface area contributed by atoms with E-state index in [9.17, 15) is 4.39 Å². The topological polar surface area (TPSA) is 49.8 Å². The molecule has 25 heavy (non-hydrogen) atoms. The average molecular weight is 332 g/mol. The van der Waals surface area contributed by atoms with Gasteiger partial charge in [-0.1, -0.05) is 18.1 Å². The summed E-state index contributed by atoms with van der Waals surface area (Å²) in [5, 5.41) is 7.32. The number of halogens is 1. The zero-order valence-corrected chi connectivity index (χ0v) is 13.6. The number of hydrogen-bond donors (Lipinski definition) is 2. The van der Waals surface area contributed by atoms with E-state index in [0.29, 0.717) is 17.4 Å². The van der Waals surface area contributed by atoms with Crippen molar-refractivity contribution in [2.75, 3.05) is 18.4 Å². The van der Waals surface area contributed by atoms with Crippen LogP contribution in [0.15, 0.2) is 42.7 Å².